The lowest BCUT2D eigenvalue weighted by molar-refractivity contribution is 0.172. The topological polar surface area (TPSA) is 38.8 Å². The Labute approximate surface area is 80.2 Å². The lowest BCUT2D eigenvalue weighted by Crippen LogP contribution is -2.36. The lowest BCUT2D eigenvalue weighted by atomic mass is 11.2. The summed E-state index contributed by atoms with van der Waals surface area (Å²) in [5.41, 5.74) is 0. The molecule has 0 aliphatic rings. The van der Waals surface area contributed by atoms with Crippen LogP contribution in [0.15, 0.2) is 0 Å². The molecule has 1 atom stereocenters. The normalized spacial score (nSPS) is 15.4. The molecule has 13 heavy (non-hydrogen) atoms. The maximum atomic E-state index is 13.4. The molecule has 0 aliphatic heterocycles. The van der Waals surface area contributed by atoms with Crippen LogP contribution in [0.25, 0.3) is 0 Å². The second kappa shape index (κ2) is 5.22. The van der Waals surface area contributed by atoms with Crippen LogP contribution >= 0.6 is 7.75 Å². The average molecular weight is 228 g/mol. The first kappa shape index (κ1) is 13.3. The van der Waals surface area contributed by atoms with Gasteiger partial charge in [-0.15, -0.1) is 0 Å². The van der Waals surface area contributed by atoms with Crippen molar-refractivity contribution >= 4 is 16.5 Å². The molecular weight excluding hydrogens is 212 g/mol. The number of alkyl halides is 1. The van der Waals surface area contributed by atoms with Crippen molar-refractivity contribution in [1.29, 1.82) is 0 Å². The molecule has 0 heterocycles. The average Bonchev–Trinajstić information content (AvgIpc) is 2.14. The SMILES string of the molecule is COP(=O)(OC)N(C)C(F)[Si](C)C. The van der Waals surface area contributed by atoms with Crippen molar-refractivity contribution in [1.82, 2.24) is 4.67 Å². The van der Waals surface area contributed by atoms with Crippen LogP contribution in [0.4, 0.5) is 4.39 Å². The largest absolute Gasteiger partial charge is 0.409 e. The van der Waals surface area contributed by atoms with E-state index in [9.17, 15) is 8.96 Å². The fourth-order valence-corrected chi connectivity index (χ4v) is 3.61. The van der Waals surface area contributed by atoms with E-state index in [-0.39, 0.29) is 0 Å². The molecule has 0 rings (SSSR count). The van der Waals surface area contributed by atoms with Gasteiger partial charge in [0.25, 0.3) is 0 Å². The highest BCUT2D eigenvalue weighted by Crippen LogP contribution is 2.50. The first-order valence-corrected chi connectivity index (χ1v) is 7.85. The third-order valence-electron chi connectivity index (χ3n) is 1.65. The Morgan fingerprint density at radius 1 is 1.38 bits per heavy atom. The zero-order valence-electron chi connectivity index (χ0n) is 8.57. The zero-order valence-corrected chi connectivity index (χ0v) is 10.5. The van der Waals surface area contributed by atoms with Crippen molar-refractivity contribution in [3.63, 3.8) is 0 Å². The van der Waals surface area contributed by atoms with E-state index in [1.165, 1.54) is 21.3 Å². The molecule has 0 spiro atoms. The van der Waals surface area contributed by atoms with Crippen LogP contribution in [-0.2, 0) is 13.6 Å². The van der Waals surface area contributed by atoms with Crippen LogP contribution in [0.5, 0.6) is 0 Å². The smallest absolute Gasteiger partial charge is 0.300 e. The minimum atomic E-state index is -3.40. The number of halogens is 1. The molecule has 0 aromatic heterocycles. The summed E-state index contributed by atoms with van der Waals surface area (Å²) in [6, 6.07) is 0. The van der Waals surface area contributed by atoms with Gasteiger partial charge in [-0.2, -0.15) is 4.67 Å². The summed E-state index contributed by atoms with van der Waals surface area (Å²) in [7, 11) is -0.703. The van der Waals surface area contributed by atoms with Crippen LogP contribution in [0, 0.1) is 0 Å². The molecule has 0 saturated carbocycles. The third kappa shape index (κ3) is 3.14. The summed E-state index contributed by atoms with van der Waals surface area (Å²) in [4.78, 5) is 0. The van der Waals surface area contributed by atoms with E-state index < -0.39 is 22.5 Å². The predicted molar refractivity (Wildman–Crippen MR) is 51.8 cm³/mol. The molecule has 0 aromatic rings. The Bertz CT molecular complexity index is 196. The van der Waals surface area contributed by atoms with E-state index in [1.54, 1.807) is 13.1 Å². The molecule has 0 amide bonds. The van der Waals surface area contributed by atoms with Gasteiger partial charge in [0.1, 0.15) is 14.7 Å². The van der Waals surface area contributed by atoms with Crippen molar-refractivity contribution in [2.75, 3.05) is 21.3 Å². The molecule has 0 N–H and O–H groups in total. The van der Waals surface area contributed by atoms with E-state index in [1.807, 2.05) is 0 Å². The van der Waals surface area contributed by atoms with Gasteiger partial charge < -0.3 is 0 Å². The number of hydrogen-bond donors (Lipinski definition) is 0. The Kier molecular flexibility index (Phi) is 5.32. The Balaban J connectivity index is 4.56. The van der Waals surface area contributed by atoms with Crippen LogP contribution < -0.4 is 0 Å². The summed E-state index contributed by atoms with van der Waals surface area (Å²) in [5, 5.41) is 0. The molecule has 4 nitrogen and oxygen atoms in total. The highest BCUT2D eigenvalue weighted by Gasteiger charge is 2.35. The van der Waals surface area contributed by atoms with E-state index in [4.69, 9.17) is 0 Å². The second-order valence-electron chi connectivity index (χ2n) is 2.82. The molecule has 0 bridgehead atoms. The monoisotopic (exact) mass is 228 g/mol. The maximum absolute atomic E-state index is 13.4. The minimum Gasteiger partial charge on any atom is -0.300 e. The lowest BCUT2D eigenvalue weighted by Gasteiger charge is -2.28. The zero-order chi connectivity index (χ0) is 10.6. The third-order valence-corrected chi connectivity index (χ3v) is 5.11. The quantitative estimate of drug-likeness (QED) is 0.409. The summed E-state index contributed by atoms with van der Waals surface area (Å²) in [6.45, 7) is 3.59. The van der Waals surface area contributed by atoms with Gasteiger partial charge in [0.15, 0.2) is 0 Å². The molecule has 79 valence electrons. The molecule has 0 aromatic carbocycles. The fraction of sp³-hybridized carbons (Fsp3) is 1.00. The van der Waals surface area contributed by atoms with Crippen molar-refractivity contribution in [2.24, 2.45) is 0 Å². The van der Waals surface area contributed by atoms with E-state index >= 15 is 0 Å². The van der Waals surface area contributed by atoms with Gasteiger partial charge in [-0.1, -0.05) is 13.1 Å². The molecular formula is C6H16FNO3PSi. The Hall–Kier alpha value is 0.257. The van der Waals surface area contributed by atoms with E-state index in [0.29, 0.717) is 0 Å². The first-order valence-electron chi connectivity index (χ1n) is 3.78. The second-order valence-corrected chi connectivity index (χ2v) is 7.75. The summed E-state index contributed by atoms with van der Waals surface area (Å²) < 4.78 is 35.4. The first-order chi connectivity index (χ1) is 5.89. The standard InChI is InChI=1S/C6H16FNO3PSi/c1-8(6(7)13(4)5)12(9,10-2)11-3/h6H,1-5H3. The molecule has 0 fully saturated rings. The van der Waals surface area contributed by atoms with E-state index in [0.717, 1.165) is 4.67 Å². The van der Waals surface area contributed by atoms with E-state index in [2.05, 4.69) is 9.05 Å². The van der Waals surface area contributed by atoms with Gasteiger partial charge in [-0.05, 0) is 0 Å². The van der Waals surface area contributed by atoms with Crippen molar-refractivity contribution < 1.29 is 18.0 Å². The fourth-order valence-electron chi connectivity index (χ4n) is 0.830. The van der Waals surface area contributed by atoms with Gasteiger partial charge in [0.2, 0.25) is 0 Å². The van der Waals surface area contributed by atoms with Gasteiger partial charge in [-0.25, -0.2) is 8.96 Å². The van der Waals surface area contributed by atoms with Crippen LogP contribution in [0.3, 0.4) is 0 Å². The number of nitrogens with zero attached hydrogens (tertiary/aromatic N) is 1. The molecule has 0 saturated heterocycles. The van der Waals surface area contributed by atoms with Crippen molar-refractivity contribution in [3.05, 3.63) is 0 Å². The van der Waals surface area contributed by atoms with Gasteiger partial charge in [0, 0.05) is 21.3 Å². The molecule has 0 aliphatic carbocycles. The van der Waals surface area contributed by atoms with Crippen LogP contribution in [-0.4, -0.2) is 40.7 Å². The number of hydrogen-bond acceptors (Lipinski definition) is 3. The molecule has 7 heteroatoms. The Morgan fingerprint density at radius 2 is 1.77 bits per heavy atom. The predicted octanol–water partition coefficient (Wildman–Crippen LogP) is 1.91. The summed E-state index contributed by atoms with van der Waals surface area (Å²) >= 11 is 0. The summed E-state index contributed by atoms with van der Waals surface area (Å²) in [6.07, 6.45) is 0. The summed E-state index contributed by atoms with van der Waals surface area (Å²) in [5.74, 6) is -1.24. The van der Waals surface area contributed by atoms with Crippen LogP contribution in [0.2, 0.25) is 13.1 Å². The molecule has 1 unspecified atom stereocenters. The number of rotatable bonds is 5. The Morgan fingerprint density at radius 3 is 2.00 bits per heavy atom. The molecule has 1 radical (unpaired) electrons. The van der Waals surface area contributed by atoms with Crippen molar-refractivity contribution in [3.8, 4) is 0 Å². The van der Waals surface area contributed by atoms with Gasteiger partial charge in [-0.3, -0.25) is 9.05 Å². The minimum absolute atomic E-state index is 1.03. The maximum Gasteiger partial charge on any atom is 0.409 e. The van der Waals surface area contributed by atoms with Crippen LogP contribution in [0.1, 0.15) is 0 Å². The van der Waals surface area contributed by atoms with Crippen molar-refractivity contribution in [2.45, 2.75) is 19.0 Å². The highest BCUT2D eigenvalue weighted by molar-refractivity contribution is 7.51. The van der Waals surface area contributed by atoms with Gasteiger partial charge >= 0.3 is 7.75 Å². The van der Waals surface area contributed by atoms with Gasteiger partial charge in [0.05, 0.1) is 0 Å². The highest BCUT2D eigenvalue weighted by atomic mass is 31.2.